The van der Waals surface area contributed by atoms with Gasteiger partial charge in [0.1, 0.15) is 0 Å². The maximum Gasteiger partial charge on any atom is 0.228 e. The van der Waals surface area contributed by atoms with Gasteiger partial charge >= 0.3 is 0 Å². The van der Waals surface area contributed by atoms with E-state index in [1.165, 1.54) is 23.9 Å². The second-order valence-electron chi connectivity index (χ2n) is 7.44. The number of rotatable bonds is 6. The molecule has 2 aromatic carbocycles. The van der Waals surface area contributed by atoms with Crippen molar-refractivity contribution >= 4 is 44.8 Å². The van der Waals surface area contributed by atoms with E-state index in [4.69, 9.17) is 0 Å². The van der Waals surface area contributed by atoms with Crippen LogP contribution in [0.3, 0.4) is 0 Å². The molecule has 3 rings (SSSR count). The summed E-state index contributed by atoms with van der Waals surface area (Å²) in [6, 6.07) is 10.5. The largest absolute Gasteiger partial charge is 0.326 e. The van der Waals surface area contributed by atoms with E-state index in [0.29, 0.717) is 11.4 Å². The highest BCUT2D eigenvalue weighted by molar-refractivity contribution is 7.99. The molecule has 0 unspecified atom stereocenters. The van der Waals surface area contributed by atoms with Crippen molar-refractivity contribution in [1.82, 2.24) is 0 Å². The van der Waals surface area contributed by atoms with Gasteiger partial charge in [-0.15, -0.1) is 11.8 Å². The topological polar surface area (TPSA) is 92.3 Å². The predicted octanol–water partition coefficient (Wildman–Crippen LogP) is 4.04. The lowest BCUT2D eigenvalue weighted by atomic mass is 10.1. The van der Waals surface area contributed by atoms with Crippen molar-refractivity contribution < 1.29 is 18.0 Å². The Labute approximate surface area is 181 Å². The molecule has 0 aromatic heterocycles. The number of para-hydroxylation sites is 1. The summed E-state index contributed by atoms with van der Waals surface area (Å²) >= 11 is 1.52. The number of thioether (sulfide) groups is 1. The number of carbonyl (C=O) groups excluding carboxylic acids is 2. The third kappa shape index (κ3) is 5.05. The van der Waals surface area contributed by atoms with Gasteiger partial charge in [-0.1, -0.05) is 32.0 Å². The quantitative estimate of drug-likeness (QED) is 0.699. The molecule has 1 atom stereocenters. The lowest BCUT2D eigenvalue weighted by Gasteiger charge is -2.13. The van der Waals surface area contributed by atoms with Crippen molar-refractivity contribution in [1.29, 1.82) is 0 Å². The van der Waals surface area contributed by atoms with Gasteiger partial charge in [0.05, 0.1) is 16.3 Å². The molecular formula is C22H26N2O4S2. The lowest BCUT2D eigenvalue weighted by molar-refractivity contribution is -0.118. The number of amides is 2. The Kier molecular flexibility index (Phi) is 6.88. The van der Waals surface area contributed by atoms with E-state index in [2.05, 4.69) is 10.6 Å². The number of carbonyl (C=O) groups is 2. The number of anilines is 2. The van der Waals surface area contributed by atoms with Crippen LogP contribution in [0.25, 0.3) is 0 Å². The molecule has 6 nitrogen and oxygen atoms in total. The number of fused-ring (bicyclic) bond motifs is 1. The highest BCUT2D eigenvalue weighted by atomic mass is 32.2. The van der Waals surface area contributed by atoms with Crippen molar-refractivity contribution in [2.24, 2.45) is 5.92 Å². The van der Waals surface area contributed by atoms with E-state index >= 15 is 0 Å². The van der Waals surface area contributed by atoms with Crippen LogP contribution in [0.1, 0.15) is 31.4 Å². The molecule has 2 aromatic rings. The molecule has 0 fully saturated rings. The summed E-state index contributed by atoms with van der Waals surface area (Å²) in [4.78, 5) is 25.5. The number of sulfone groups is 1. The second-order valence-corrected chi connectivity index (χ2v) is 10.6. The van der Waals surface area contributed by atoms with Crippen LogP contribution in [-0.4, -0.2) is 31.7 Å². The van der Waals surface area contributed by atoms with Gasteiger partial charge in [0.15, 0.2) is 9.84 Å². The molecule has 0 bridgehead atoms. The van der Waals surface area contributed by atoms with Gasteiger partial charge < -0.3 is 10.6 Å². The summed E-state index contributed by atoms with van der Waals surface area (Å²) in [5.74, 6) is -0.276. The van der Waals surface area contributed by atoms with E-state index in [1.54, 1.807) is 6.07 Å². The molecule has 1 aliphatic heterocycles. The van der Waals surface area contributed by atoms with Crippen molar-refractivity contribution in [3.8, 4) is 0 Å². The first-order valence-corrected chi connectivity index (χ1v) is 12.5. The van der Waals surface area contributed by atoms with Crippen LogP contribution in [0.4, 0.5) is 11.4 Å². The third-order valence-electron chi connectivity index (χ3n) is 5.11. The minimum atomic E-state index is -3.67. The molecule has 8 heteroatoms. The molecule has 0 radical (unpaired) electrons. The SMILES string of the molecule is CCc1cccc(C)c1NC(=O)CCS(=O)(=O)c1ccc2c(c1)NC(=O)[C@H](C)CS2. The van der Waals surface area contributed by atoms with Crippen LogP contribution >= 0.6 is 11.8 Å². The lowest BCUT2D eigenvalue weighted by Crippen LogP contribution is -2.20. The van der Waals surface area contributed by atoms with Crippen molar-refractivity contribution in [3.05, 3.63) is 47.5 Å². The Balaban J connectivity index is 1.71. The Morgan fingerprint density at radius 2 is 2.03 bits per heavy atom. The average molecular weight is 447 g/mol. The van der Waals surface area contributed by atoms with E-state index in [-0.39, 0.29) is 34.8 Å². The average Bonchev–Trinajstić information content (AvgIpc) is 2.86. The van der Waals surface area contributed by atoms with Gasteiger partial charge in [-0.05, 0) is 42.7 Å². The molecule has 2 amide bonds. The maximum absolute atomic E-state index is 12.8. The molecule has 0 spiro atoms. The first kappa shape index (κ1) is 22.4. The fourth-order valence-corrected chi connectivity index (χ4v) is 5.49. The minimum absolute atomic E-state index is 0.106. The summed E-state index contributed by atoms with van der Waals surface area (Å²) in [6.07, 6.45) is 0.627. The number of hydrogen-bond donors (Lipinski definition) is 2. The van der Waals surface area contributed by atoms with Crippen LogP contribution < -0.4 is 10.6 Å². The van der Waals surface area contributed by atoms with Crippen LogP contribution in [0.2, 0.25) is 0 Å². The van der Waals surface area contributed by atoms with Gasteiger partial charge in [0, 0.05) is 28.7 Å². The highest BCUT2D eigenvalue weighted by Gasteiger charge is 2.23. The number of nitrogens with one attached hydrogen (secondary N) is 2. The zero-order valence-electron chi connectivity index (χ0n) is 17.3. The summed E-state index contributed by atoms with van der Waals surface area (Å²) in [7, 11) is -3.67. The number of benzene rings is 2. The zero-order valence-corrected chi connectivity index (χ0v) is 19.0. The Bertz CT molecular complexity index is 1080. The van der Waals surface area contributed by atoms with E-state index in [1.807, 2.05) is 39.0 Å². The Hall–Kier alpha value is -2.32. The molecule has 30 heavy (non-hydrogen) atoms. The fraction of sp³-hybridized carbons (Fsp3) is 0.364. The molecule has 0 saturated heterocycles. The van der Waals surface area contributed by atoms with E-state index in [0.717, 1.165) is 28.1 Å². The van der Waals surface area contributed by atoms with Gasteiger partial charge in [0.25, 0.3) is 0 Å². The highest BCUT2D eigenvalue weighted by Crippen LogP contribution is 2.34. The minimum Gasteiger partial charge on any atom is -0.326 e. The fourth-order valence-electron chi connectivity index (χ4n) is 3.22. The normalized spacial score (nSPS) is 16.4. The molecule has 160 valence electrons. The summed E-state index contributed by atoms with van der Waals surface area (Å²) in [5.41, 5.74) is 3.21. The standard InChI is InChI=1S/C22H26N2O4S2/c1-4-16-7-5-6-14(2)21(16)24-20(25)10-11-30(27,28)17-8-9-19-18(12-17)23-22(26)15(3)13-29-19/h5-9,12,15H,4,10-11,13H2,1-3H3,(H,23,26)(H,24,25)/t15-/m1/s1. The third-order valence-corrected chi connectivity index (χ3v) is 8.15. The zero-order chi connectivity index (χ0) is 21.9. The van der Waals surface area contributed by atoms with Crippen molar-refractivity contribution in [2.45, 2.75) is 43.4 Å². The van der Waals surface area contributed by atoms with Crippen molar-refractivity contribution in [2.75, 3.05) is 22.1 Å². The van der Waals surface area contributed by atoms with Crippen LogP contribution in [0.15, 0.2) is 46.2 Å². The van der Waals surface area contributed by atoms with Crippen molar-refractivity contribution in [3.63, 3.8) is 0 Å². The molecule has 0 saturated carbocycles. The molecule has 1 heterocycles. The molecule has 0 aliphatic carbocycles. The summed E-state index contributed by atoms with van der Waals surface area (Å²) in [5, 5.41) is 5.66. The van der Waals surface area contributed by atoms with Crippen LogP contribution in [-0.2, 0) is 25.8 Å². The predicted molar refractivity (Wildman–Crippen MR) is 121 cm³/mol. The van der Waals surface area contributed by atoms with Crippen LogP contribution in [0.5, 0.6) is 0 Å². The summed E-state index contributed by atoms with van der Waals surface area (Å²) in [6.45, 7) is 5.75. The van der Waals surface area contributed by atoms with Gasteiger partial charge in [-0.25, -0.2) is 8.42 Å². The first-order valence-electron chi connectivity index (χ1n) is 9.90. The second kappa shape index (κ2) is 9.22. The maximum atomic E-state index is 12.8. The van der Waals surface area contributed by atoms with Gasteiger partial charge in [-0.2, -0.15) is 0 Å². The van der Waals surface area contributed by atoms with Crippen LogP contribution in [0, 0.1) is 12.8 Å². The molecular weight excluding hydrogens is 420 g/mol. The summed E-state index contributed by atoms with van der Waals surface area (Å²) < 4.78 is 25.6. The molecule has 2 N–H and O–H groups in total. The van der Waals surface area contributed by atoms with Gasteiger partial charge in [0.2, 0.25) is 11.8 Å². The first-order chi connectivity index (χ1) is 14.2. The van der Waals surface area contributed by atoms with E-state index in [9.17, 15) is 18.0 Å². The van der Waals surface area contributed by atoms with Gasteiger partial charge in [-0.3, -0.25) is 9.59 Å². The Morgan fingerprint density at radius 3 is 2.77 bits per heavy atom. The molecule has 1 aliphatic rings. The monoisotopic (exact) mass is 446 g/mol. The number of aryl methyl sites for hydroxylation is 2. The Morgan fingerprint density at radius 1 is 1.27 bits per heavy atom. The smallest absolute Gasteiger partial charge is 0.228 e. The van der Waals surface area contributed by atoms with E-state index < -0.39 is 9.84 Å². The number of hydrogen-bond acceptors (Lipinski definition) is 5.